The van der Waals surface area contributed by atoms with Crippen molar-refractivity contribution < 1.29 is 13.2 Å². The highest BCUT2D eigenvalue weighted by Gasteiger charge is 2.20. The van der Waals surface area contributed by atoms with E-state index in [0.717, 1.165) is 18.5 Å². The topological polar surface area (TPSA) is 90.9 Å². The SMILES string of the molecule is CN=C(NCCc1ccc(S(C)(=O)=O)cc1)NCC(=O)N1CCc2ccccc2C1.I. The first-order chi connectivity index (χ1) is 14.4. The second-order valence-corrected chi connectivity index (χ2v) is 9.37. The number of rotatable bonds is 6. The van der Waals surface area contributed by atoms with Crippen LogP contribution in [0.15, 0.2) is 58.4 Å². The first-order valence-corrected chi connectivity index (χ1v) is 11.8. The van der Waals surface area contributed by atoms with Gasteiger partial charge in [-0.1, -0.05) is 36.4 Å². The second-order valence-electron chi connectivity index (χ2n) is 7.35. The van der Waals surface area contributed by atoms with Gasteiger partial charge >= 0.3 is 0 Å². The Morgan fingerprint density at radius 1 is 1.06 bits per heavy atom. The summed E-state index contributed by atoms with van der Waals surface area (Å²) in [5.41, 5.74) is 3.55. The van der Waals surface area contributed by atoms with Crippen LogP contribution in [-0.4, -0.2) is 58.1 Å². The number of aliphatic imine (C=N–C) groups is 1. The standard InChI is InChI=1S/C22H28N4O3S.HI/c1-23-22(24-13-11-17-7-9-20(10-8-17)30(2,28)29)25-15-21(27)26-14-12-18-5-3-4-6-19(18)16-26;/h3-10H,11-16H2,1-2H3,(H2,23,24,25);1H. The number of carbonyl (C=O) groups is 1. The van der Waals surface area contributed by atoms with Crippen LogP contribution in [0.4, 0.5) is 0 Å². The first kappa shape index (κ1) is 25.1. The summed E-state index contributed by atoms with van der Waals surface area (Å²) in [5.74, 6) is 0.609. The van der Waals surface area contributed by atoms with Crippen LogP contribution in [0.3, 0.4) is 0 Å². The summed E-state index contributed by atoms with van der Waals surface area (Å²) in [5, 5.41) is 6.26. The van der Waals surface area contributed by atoms with Gasteiger partial charge in [0.2, 0.25) is 5.91 Å². The molecule has 0 spiro atoms. The van der Waals surface area contributed by atoms with Crippen LogP contribution in [-0.2, 0) is 34.0 Å². The van der Waals surface area contributed by atoms with Crippen molar-refractivity contribution in [2.75, 3.05) is 32.9 Å². The number of nitrogens with one attached hydrogen (secondary N) is 2. The highest BCUT2D eigenvalue weighted by atomic mass is 127. The molecule has 9 heteroatoms. The Morgan fingerprint density at radius 2 is 1.74 bits per heavy atom. The Bertz CT molecular complexity index is 1020. The van der Waals surface area contributed by atoms with Crippen LogP contribution in [0, 0.1) is 0 Å². The zero-order chi connectivity index (χ0) is 21.6. The molecule has 7 nitrogen and oxygen atoms in total. The molecule has 0 saturated heterocycles. The molecule has 2 aromatic carbocycles. The maximum absolute atomic E-state index is 12.6. The molecule has 0 saturated carbocycles. The van der Waals surface area contributed by atoms with Gasteiger partial charge in [-0.25, -0.2) is 8.42 Å². The van der Waals surface area contributed by atoms with E-state index in [4.69, 9.17) is 0 Å². The number of carbonyl (C=O) groups excluding carboxylic acids is 1. The molecule has 31 heavy (non-hydrogen) atoms. The largest absolute Gasteiger partial charge is 0.356 e. The number of fused-ring (bicyclic) bond motifs is 1. The Hall–Kier alpha value is -2.14. The monoisotopic (exact) mass is 556 g/mol. The van der Waals surface area contributed by atoms with Gasteiger partial charge in [0, 0.05) is 32.9 Å². The van der Waals surface area contributed by atoms with Crippen LogP contribution in [0.25, 0.3) is 0 Å². The molecule has 2 N–H and O–H groups in total. The van der Waals surface area contributed by atoms with E-state index in [-0.39, 0.29) is 36.4 Å². The van der Waals surface area contributed by atoms with E-state index in [0.29, 0.717) is 30.4 Å². The fourth-order valence-electron chi connectivity index (χ4n) is 3.43. The van der Waals surface area contributed by atoms with Crippen LogP contribution in [0.1, 0.15) is 16.7 Å². The van der Waals surface area contributed by atoms with Gasteiger partial charge in [0.1, 0.15) is 0 Å². The average Bonchev–Trinajstić information content (AvgIpc) is 2.75. The zero-order valence-corrected chi connectivity index (χ0v) is 20.9. The molecule has 0 aliphatic carbocycles. The summed E-state index contributed by atoms with van der Waals surface area (Å²) in [6.45, 7) is 2.17. The molecular formula is C22H29IN4O3S. The molecule has 1 aliphatic heterocycles. The lowest BCUT2D eigenvalue weighted by atomic mass is 10.00. The average molecular weight is 556 g/mol. The summed E-state index contributed by atoms with van der Waals surface area (Å²) in [7, 11) is -1.51. The lowest BCUT2D eigenvalue weighted by Crippen LogP contribution is -2.46. The quantitative estimate of drug-likeness (QED) is 0.323. The van der Waals surface area contributed by atoms with Crippen molar-refractivity contribution in [1.29, 1.82) is 0 Å². The number of sulfone groups is 1. The van der Waals surface area contributed by atoms with Gasteiger partial charge in [0.25, 0.3) is 0 Å². The molecule has 1 heterocycles. The summed E-state index contributed by atoms with van der Waals surface area (Å²) < 4.78 is 23.0. The van der Waals surface area contributed by atoms with Gasteiger partial charge in [0.05, 0.1) is 11.4 Å². The summed E-state index contributed by atoms with van der Waals surface area (Å²) in [6, 6.07) is 15.1. The van der Waals surface area contributed by atoms with E-state index in [9.17, 15) is 13.2 Å². The lowest BCUT2D eigenvalue weighted by Gasteiger charge is -2.29. The van der Waals surface area contributed by atoms with Crippen molar-refractivity contribution in [3.8, 4) is 0 Å². The van der Waals surface area contributed by atoms with Crippen LogP contribution < -0.4 is 10.6 Å². The van der Waals surface area contributed by atoms with Crippen LogP contribution >= 0.6 is 24.0 Å². The maximum atomic E-state index is 12.6. The molecule has 0 aromatic heterocycles. The predicted molar refractivity (Wildman–Crippen MR) is 134 cm³/mol. The molecule has 0 bridgehead atoms. The van der Waals surface area contributed by atoms with Crippen LogP contribution in [0.2, 0.25) is 0 Å². The van der Waals surface area contributed by atoms with Gasteiger partial charge in [-0.2, -0.15) is 0 Å². The number of benzene rings is 2. The Kier molecular flexibility index (Phi) is 9.30. The highest BCUT2D eigenvalue weighted by Crippen LogP contribution is 2.18. The molecule has 1 amide bonds. The number of nitrogens with zero attached hydrogens (tertiary/aromatic N) is 2. The van der Waals surface area contributed by atoms with Gasteiger partial charge in [-0.3, -0.25) is 9.79 Å². The lowest BCUT2D eigenvalue weighted by molar-refractivity contribution is -0.130. The Morgan fingerprint density at radius 3 is 2.39 bits per heavy atom. The third-order valence-corrected chi connectivity index (χ3v) is 6.30. The van der Waals surface area contributed by atoms with E-state index in [1.54, 1.807) is 19.2 Å². The molecule has 3 rings (SSSR count). The first-order valence-electron chi connectivity index (χ1n) is 9.95. The van der Waals surface area contributed by atoms with Gasteiger partial charge in [0.15, 0.2) is 15.8 Å². The minimum atomic E-state index is -3.18. The third kappa shape index (κ3) is 7.20. The summed E-state index contributed by atoms with van der Waals surface area (Å²) in [4.78, 5) is 18.9. The number of halogens is 1. The van der Waals surface area contributed by atoms with Crippen molar-refractivity contribution >= 4 is 45.7 Å². The predicted octanol–water partition coefficient (Wildman–Crippen LogP) is 2.00. The Balaban J connectivity index is 0.00000341. The zero-order valence-electron chi connectivity index (χ0n) is 17.8. The van der Waals surface area contributed by atoms with Gasteiger partial charge in [-0.15, -0.1) is 24.0 Å². The van der Waals surface area contributed by atoms with Crippen molar-refractivity contribution in [2.45, 2.75) is 24.3 Å². The van der Waals surface area contributed by atoms with E-state index < -0.39 is 9.84 Å². The minimum absolute atomic E-state index is 0. The van der Waals surface area contributed by atoms with Crippen molar-refractivity contribution in [3.63, 3.8) is 0 Å². The van der Waals surface area contributed by atoms with E-state index in [1.165, 1.54) is 17.4 Å². The summed E-state index contributed by atoms with van der Waals surface area (Å²) >= 11 is 0. The molecule has 2 aromatic rings. The van der Waals surface area contributed by atoms with Crippen molar-refractivity contribution in [1.82, 2.24) is 15.5 Å². The molecule has 0 atom stereocenters. The Labute approximate surface area is 201 Å². The van der Waals surface area contributed by atoms with E-state index >= 15 is 0 Å². The number of guanidine groups is 1. The fourth-order valence-corrected chi connectivity index (χ4v) is 4.06. The van der Waals surface area contributed by atoms with E-state index in [1.807, 2.05) is 29.2 Å². The normalized spacial score (nSPS) is 13.7. The molecule has 1 aliphatic rings. The molecular weight excluding hydrogens is 527 g/mol. The molecule has 0 unspecified atom stereocenters. The number of amides is 1. The van der Waals surface area contributed by atoms with E-state index in [2.05, 4.69) is 27.8 Å². The van der Waals surface area contributed by atoms with Crippen molar-refractivity contribution in [3.05, 3.63) is 65.2 Å². The maximum Gasteiger partial charge on any atom is 0.242 e. The second kappa shape index (κ2) is 11.5. The van der Waals surface area contributed by atoms with Crippen LogP contribution in [0.5, 0.6) is 0 Å². The number of hydrogen-bond donors (Lipinski definition) is 2. The number of hydrogen-bond acceptors (Lipinski definition) is 4. The highest BCUT2D eigenvalue weighted by molar-refractivity contribution is 14.0. The van der Waals surface area contributed by atoms with Gasteiger partial charge < -0.3 is 15.5 Å². The van der Waals surface area contributed by atoms with Gasteiger partial charge in [-0.05, 0) is 41.7 Å². The smallest absolute Gasteiger partial charge is 0.242 e. The molecule has 0 fully saturated rings. The third-order valence-electron chi connectivity index (χ3n) is 5.17. The van der Waals surface area contributed by atoms with Crippen molar-refractivity contribution in [2.24, 2.45) is 4.99 Å². The molecule has 0 radical (unpaired) electrons. The fraction of sp³-hybridized carbons (Fsp3) is 0.364. The molecule has 168 valence electrons. The summed E-state index contributed by atoms with van der Waals surface area (Å²) in [6.07, 6.45) is 2.79. The minimum Gasteiger partial charge on any atom is -0.356 e.